The van der Waals surface area contributed by atoms with Gasteiger partial charge in [-0.25, -0.2) is 4.79 Å². The number of carboxylic acid groups (broad SMARTS) is 1. The minimum Gasteiger partial charge on any atom is -0.479 e. The quantitative estimate of drug-likeness (QED) is 0.888. The maximum atomic E-state index is 12.1. The number of rotatable bonds is 4. The van der Waals surface area contributed by atoms with Crippen molar-refractivity contribution < 1.29 is 14.7 Å². The molecule has 1 heterocycles. The van der Waals surface area contributed by atoms with Crippen LogP contribution in [0.25, 0.3) is 0 Å². The van der Waals surface area contributed by atoms with E-state index in [-0.39, 0.29) is 5.69 Å². The average Bonchev–Trinajstić information content (AvgIpc) is 2.48. The number of hydrogen-bond donors (Lipinski definition) is 2. The molecule has 2 aromatic rings. The minimum absolute atomic E-state index is 0.177. The molecule has 1 unspecified atom stereocenters. The van der Waals surface area contributed by atoms with Gasteiger partial charge in [0.2, 0.25) is 0 Å². The molecule has 2 rings (SSSR count). The first-order valence-corrected chi connectivity index (χ1v) is 6.06. The topological polar surface area (TPSA) is 79.3 Å². The first kappa shape index (κ1) is 13.7. The summed E-state index contributed by atoms with van der Waals surface area (Å²) in [5, 5.41) is 12.0. The Morgan fingerprint density at radius 2 is 1.75 bits per heavy atom. The maximum absolute atomic E-state index is 12.1. The number of aliphatic carboxylic acids is 1. The van der Waals surface area contributed by atoms with Gasteiger partial charge in [0, 0.05) is 6.20 Å². The maximum Gasteiger partial charge on any atom is 0.333 e. The molecule has 1 atom stereocenters. The van der Waals surface area contributed by atoms with Crippen LogP contribution in [0.1, 0.15) is 23.0 Å². The average molecular weight is 270 g/mol. The summed E-state index contributed by atoms with van der Waals surface area (Å²) in [6, 6.07) is 13.4. The molecule has 0 aliphatic heterocycles. The van der Waals surface area contributed by atoms with Crippen molar-refractivity contribution in [3.63, 3.8) is 0 Å². The van der Waals surface area contributed by atoms with E-state index in [4.69, 9.17) is 0 Å². The molecule has 1 amide bonds. The predicted octanol–water partition coefficient (Wildman–Crippen LogP) is 1.81. The number of aromatic nitrogens is 1. The van der Waals surface area contributed by atoms with E-state index in [0.29, 0.717) is 5.56 Å². The zero-order chi connectivity index (χ0) is 14.6. The summed E-state index contributed by atoms with van der Waals surface area (Å²) in [7, 11) is 0. The smallest absolute Gasteiger partial charge is 0.333 e. The highest BCUT2D eigenvalue weighted by Gasteiger charge is 2.37. The number of amides is 1. The summed E-state index contributed by atoms with van der Waals surface area (Å²) >= 11 is 0. The van der Waals surface area contributed by atoms with Crippen molar-refractivity contribution in [3.8, 4) is 0 Å². The molecule has 0 aliphatic rings. The summed E-state index contributed by atoms with van der Waals surface area (Å²) in [4.78, 5) is 27.6. The van der Waals surface area contributed by atoms with Crippen molar-refractivity contribution in [1.82, 2.24) is 10.3 Å². The van der Waals surface area contributed by atoms with Gasteiger partial charge < -0.3 is 10.4 Å². The van der Waals surface area contributed by atoms with Gasteiger partial charge in [-0.15, -0.1) is 0 Å². The summed E-state index contributed by atoms with van der Waals surface area (Å²) < 4.78 is 0. The molecule has 102 valence electrons. The molecule has 5 heteroatoms. The summed E-state index contributed by atoms with van der Waals surface area (Å²) in [6.45, 7) is 1.45. The number of pyridine rings is 1. The molecule has 0 bridgehead atoms. The fourth-order valence-electron chi connectivity index (χ4n) is 1.81. The molecular formula is C15H14N2O3. The van der Waals surface area contributed by atoms with E-state index >= 15 is 0 Å². The summed E-state index contributed by atoms with van der Waals surface area (Å²) in [5.74, 6) is -1.66. The van der Waals surface area contributed by atoms with Crippen LogP contribution < -0.4 is 5.32 Å². The van der Waals surface area contributed by atoms with Crippen LogP contribution in [0, 0.1) is 0 Å². The largest absolute Gasteiger partial charge is 0.479 e. The van der Waals surface area contributed by atoms with Crippen LogP contribution in [0.4, 0.5) is 0 Å². The van der Waals surface area contributed by atoms with Gasteiger partial charge in [-0.3, -0.25) is 9.78 Å². The lowest BCUT2D eigenvalue weighted by atomic mass is 9.92. The van der Waals surface area contributed by atoms with Gasteiger partial charge in [0.15, 0.2) is 5.54 Å². The van der Waals surface area contributed by atoms with Gasteiger partial charge >= 0.3 is 5.97 Å². The minimum atomic E-state index is -1.50. The van der Waals surface area contributed by atoms with Crippen molar-refractivity contribution in [3.05, 3.63) is 66.0 Å². The second-order valence-corrected chi connectivity index (χ2v) is 4.47. The molecule has 1 aromatic heterocycles. The van der Waals surface area contributed by atoms with E-state index in [1.807, 2.05) is 0 Å². The molecular weight excluding hydrogens is 256 g/mol. The molecule has 0 saturated carbocycles. The molecule has 0 radical (unpaired) electrons. The molecule has 2 N–H and O–H groups in total. The third-order valence-electron chi connectivity index (χ3n) is 3.04. The number of carbonyl (C=O) groups is 2. The number of benzene rings is 1. The van der Waals surface area contributed by atoms with Gasteiger partial charge in [0.05, 0.1) is 0 Å². The Balaban J connectivity index is 2.32. The molecule has 1 aromatic carbocycles. The lowest BCUT2D eigenvalue weighted by molar-refractivity contribution is -0.144. The monoisotopic (exact) mass is 270 g/mol. The highest BCUT2D eigenvalue weighted by molar-refractivity contribution is 5.96. The van der Waals surface area contributed by atoms with Crippen LogP contribution in [0.3, 0.4) is 0 Å². The zero-order valence-corrected chi connectivity index (χ0v) is 10.9. The van der Waals surface area contributed by atoms with Gasteiger partial charge in [0.25, 0.3) is 5.91 Å². The van der Waals surface area contributed by atoms with Crippen molar-refractivity contribution in [2.24, 2.45) is 0 Å². The summed E-state index contributed by atoms with van der Waals surface area (Å²) in [6.07, 6.45) is 1.48. The normalized spacial score (nSPS) is 13.2. The number of nitrogens with zero attached hydrogens (tertiary/aromatic N) is 1. The Bertz CT molecular complexity index is 614. The van der Waals surface area contributed by atoms with Gasteiger partial charge in [-0.1, -0.05) is 36.4 Å². The highest BCUT2D eigenvalue weighted by atomic mass is 16.4. The van der Waals surface area contributed by atoms with Crippen LogP contribution in [-0.2, 0) is 10.3 Å². The SMILES string of the molecule is CC(NC(=O)c1ccccn1)(C(=O)O)c1ccccc1. The Morgan fingerprint density at radius 3 is 2.30 bits per heavy atom. The lowest BCUT2D eigenvalue weighted by Crippen LogP contribution is -2.49. The number of carbonyl (C=O) groups excluding carboxylic acids is 1. The molecule has 0 fully saturated rings. The second kappa shape index (κ2) is 5.52. The Morgan fingerprint density at radius 1 is 1.10 bits per heavy atom. The van der Waals surface area contributed by atoms with Crippen molar-refractivity contribution in [1.29, 1.82) is 0 Å². The molecule has 0 spiro atoms. The fourth-order valence-corrected chi connectivity index (χ4v) is 1.81. The van der Waals surface area contributed by atoms with E-state index in [2.05, 4.69) is 10.3 Å². The second-order valence-electron chi connectivity index (χ2n) is 4.47. The fraction of sp³-hybridized carbons (Fsp3) is 0.133. The van der Waals surface area contributed by atoms with Crippen LogP contribution >= 0.6 is 0 Å². The van der Waals surface area contributed by atoms with Crippen LogP contribution in [-0.4, -0.2) is 22.0 Å². The molecule has 5 nitrogen and oxygen atoms in total. The van der Waals surface area contributed by atoms with Gasteiger partial charge in [0.1, 0.15) is 5.69 Å². The Hall–Kier alpha value is -2.69. The van der Waals surface area contributed by atoms with E-state index < -0.39 is 17.4 Å². The molecule has 0 aliphatic carbocycles. The van der Waals surface area contributed by atoms with E-state index in [9.17, 15) is 14.7 Å². The predicted molar refractivity (Wildman–Crippen MR) is 73.1 cm³/mol. The van der Waals surface area contributed by atoms with Gasteiger partial charge in [-0.05, 0) is 24.6 Å². The third kappa shape index (κ3) is 2.66. The third-order valence-corrected chi connectivity index (χ3v) is 3.04. The Kier molecular flexibility index (Phi) is 3.79. The highest BCUT2D eigenvalue weighted by Crippen LogP contribution is 2.21. The van der Waals surface area contributed by atoms with E-state index in [1.165, 1.54) is 19.2 Å². The number of hydrogen-bond acceptors (Lipinski definition) is 3. The first-order chi connectivity index (χ1) is 9.54. The molecule has 0 saturated heterocycles. The number of carboxylic acids is 1. The van der Waals surface area contributed by atoms with E-state index in [0.717, 1.165) is 0 Å². The number of nitrogens with one attached hydrogen (secondary N) is 1. The summed E-state index contributed by atoms with van der Waals surface area (Å²) in [5.41, 5.74) is -0.830. The lowest BCUT2D eigenvalue weighted by Gasteiger charge is -2.26. The van der Waals surface area contributed by atoms with Crippen LogP contribution in [0.15, 0.2) is 54.7 Å². The van der Waals surface area contributed by atoms with Gasteiger partial charge in [-0.2, -0.15) is 0 Å². The van der Waals surface area contributed by atoms with Crippen molar-refractivity contribution >= 4 is 11.9 Å². The molecule has 20 heavy (non-hydrogen) atoms. The van der Waals surface area contributed by atoms with Crippen molar-refractivity contribution in [2.75, 3.05) is 0 Å². The Labute approximate surface area is 116 Å². The first-order valence-electron chi connectivity index (χ1n) is 6.06. The zero-order valence-electron chi connectivity index (χ0n) is 10.9. The standard InChI is InChI=1S/C15H14N2O3/c1-15(14(19)20,11-7-3-2-4-8-11)17-13(18)12-9-5-6-10-16-12/h2-10H,1H3,(H,17,18)(H,19,20). The van der Waals surface area contributed by atoms with Crippen LogP contribution in [0.5, 0.6) is 0 Å². The van der Waals surface area contributed by atoms with E-state index in [1.54, 1.807) is 42.5 Å². The van der Waals surface area contributed by atoms with Crippen molar-refractivity contribution in [2.45, 2.75) is 12.5 Å². The van der Waals surface area contributed by atoms with Crippen LogP contribution in [0.2, 0.25) is 0 Å².